The molecule has 0 bridgehead atoms. The van der Waals surface area contributed by atoms with Crippen LogP contribution in [-0.2, 0) is 16.0 Å². The Morgan fingerprint density at radius 2 is 2.26 bits per heavy atom. The van der Waals surface area contributed by atoms with Gasteiger partial charge in [-0.3, -0.25) is 4.79 Å². The Labute approximate surface area is 120 Å². The van der Waals surface area contributed by atoms with Crippen LogP contribution in [0.2, 0.25) is 0 Å². The van der Waals surface area contributed by atoms with Crippen LogP contribution in [0, 0.1) is 0 Å². The zero-order chi connectivity index (χ0) is 13.8. The highest BCUT2D eigenvalue weighted by atomic mass is 79.9. The normalized spacial score (nSPS) is 22.1. The second-order valence-corrected chi connectivity index (χ2v) is 5.36. The van der Waals surface area contributed by atoms with E-state index in [0.717, 1.165) is 18.5 Å². The summed E-state index contributed by atoms with van der Waals surface area (Å²) in [5.41, 5.74) is 0.586. The molecule has 7 heteroatoms. The molecule has 1 aromatic heterocycles. The first-order valence-electron chi connectivity index (χ1n) is 6.19. The van der Waals surface area contributed by atoms with Crippen molar-refractivity contribution in [1.82, 2.24) is 9.78 Å². The van der Waals surface area contributed by atoms with Gasteiger partial charge in [-0.1, -0.05) is 0 Å². The highest BCUT2D eigenvalue weighted by Crippen LogP contribution is 2.27. The Balaban J connectivity index is 2.02. The molecule has 1 aliphatic carbocycles. The van der Waals surface area contributed by atoms with Crippen molar-refractivity contribution in [3.05, 3.63) is 21.0 Å². The minimum Gasteiger partial charge on any atom is -0.383 e. The average molecular weight is 332 g/mol. The molecule has 0 atom stereocenters. The van der Waals surface area contributed by atoms with Gasteiger partial charge in [0.05, 0.1) is 31.1 Å². The van der Waals surface area contributed by atoms with Crippen molar-refractivity contribution < 1.29 is 9.47 Å². The number of halogens is 1. The van der Waals surface area contributed by atoms with Gasteiger partial charge in [-0.2, -0.15) is 5.10 Å². The number of hydrogen-bond donors (Lipinski definition) is 1. The second-order valence-electron chi connectivity index (χ2n) is 4.56. The number of ether oxygens (including phenoxy) is 2. The highest BCUT2D eigenvalue weighted by molar-refractivity contribution is 9.10. The zero-order valence-electron chi connectivity index (χ0n) is 11.1. The number of aromatic nitrogens is 2. The van der Waals surface area contributed by atoms with E-state index >= 15 is 0 Å². The van der Waals surface area contributed by atoms with Crippen LogP contribution in [0.25, 0.3) is 0 Å². The summed E-state index contributed by atoms with van der Waals surface area (Å²) >= 11 is 3.33. The van der Waals surface area contributed by atoms with Gasteiger partial charge >= 0.3 is 0 Å². The summed E-state index contributed by atoms with van der Waals surface area (Å²) in [6.45, 7) is 0.910. The SMILES string of the molecule is COCCn1ncc(NC2CC(OC)C2)c(Br)c1=O. The Morgan fingerprint density at radius 3 is 2.89 bits per heavy atom. The van der Waals surface area contributed by atoms with E-state index in [1.165, 1.54) is 4.68 Å². The standard InChI is InChI=1S/C12H18BrN3O3/c1-18-4-3-16-12(17)11(13)10(7-14-16)15-8-5-9(6-8)19-2/h7-9,15H,3-6H2,1-2H3. The summed E-state index contributed by atoms with van der Waals surface area (Å²) in [6.07, 6.45) is 3.90. The van der Waals surface area contributed by atoms with Crippen LogP contribution in [0.3, 0.4) is 0 Å². The number of rotatable bonds is 6. The van der Waals surface area contributed by atoms with Gasteiger partial charge in [0.1, 0.15) is 4.47 Å². The molecule has 1 saturated carbocycles. The van der Waals surface area contributed by atoms with Gasteiger partial charge in [0.2, 0.25) is 0 Å². The van der Waals surface area contributed by atoms with E-state index in [1.54, 1.807) is 20.4 Å². The van der Waals surface area contributed by atoms with Crippen molar-refractivity contribution >= 4 is 21.6 Å². The third-order valence-electron chi connectivity index (χ3n) is 3.28. The van der Waals surface area contributed by atoms with Crippen molar-refractivity contribution in [2.75, 3.05) is 26.1 Å². The monoisotopic (exact) mass is 331 g/mol. The summed E-state index contributed by atoms with van der Waals surface area (Å²) in [5, 5.41) is 7.43. The molecule has 1 aromatic rings. The maximum Gasteiger partial charge on any atom is 0.283 e. The van der Waals surface area contributed by atoms with Crippen molar-refractivity contribution in [2.24, 2.45) is 0 Å². The third-order valence-corrected chi connectivity index (χ3v) is 4.05. The summed E-state index contributed by atoms with van der Waals surface area (Å²) in [7, 11) is 3.31. The summed E-state index contributed by atoms with van der Waals surface area (Å²) in [5.74, 6) is 0. The fourth-order valence-corrected chi connectivity index (χ4v) is 2.42. The molecule has 1 N–H and O–H groups in total. The zero-order valence-corrected chi connectivity index (χ0v) is 12.6. The molecule has 0 radical (unpaired) electrons. The van der Waals surface area contributed by atoms with Crippen LogP contribution >= 0.6 is 15.9 Å². The van der Waals surface area contributed by atoms with Gasteiger partial charge in [0.25, 0.3) is 5.56 Å². The van der Waals surface area contributed by atoms with E-state index in [2.05, 4.69) is 26.3 Å². The van der Waals surface area contributed by atoms with Crippen LogP contribution in [0.5, 0.6) is 0 Å². The van der Waals surface area contributed by atoms with Gasteiger partial charge in [-0.15, -0.1) is 0 Å². The molecule has 1 fully saturated rings. The maximum absolute atomic E-state index is 12.0. The van der Waals surface area contributed by atoms with Crippen LogP contribution in [0.1, 0.15) is 12.8 Å². The van der Waals surface area contributed by atoms with E-state index in [-0.39, 0.29) is 5.56 Å². The van der Waals surface area contributed by atoms with Gasteiger partial charge in [-0.25, -0.2) is 4.68 Å². The first-order chi connectivity index (χ1) is 9.15. The van der Waals surface area contributed by atoms with Crippen LogP contribution in [0.4, 0.5) is 5.69 Å². The molecule has 2 rings (SSSR count). The van der Waals surface area contributed by atoms with Gasteiger partial charge in [-0.05, 0) is 28.8 Å². The molecule has 0 aliphatic heterocycles. The molecule has 19 heavy (non-hydrogen) atoms. The molecule has 106 valence electrons. The highest BCUT2D eigenvalue weighted by Gasteiger charge is 2.29. The lowest BCUT2D eigenvalue weighted by Gasteiger charge is -2.35. The van der Waals surface area contributed by atoms with Gasteiger partial charge < -0.3 is 14.8 Å². The Hall–Kier alpha value is -0.920. The van der Waals surface area contributed by atoms with Gasteiger partial charge in [0, 0.05) is 20.3 Å². The topological polar surface area (TPSA) is 65.4 Å². The lowest BCUT2D eigenvalue weighted by molar-refractivity contribution is 0.0328. The molecule has 1 heterocycles. The Bertz CT molecular complexity index is 486. The van der Waals surface area contributed by atoms with Crippen molar-refractivity contribution in [3.63, 3.8) is 0 Å². The third kappa shape index (κ3) is 3.34. The van der Waals surface area contributed by atoms with E-state index in [1.807, 2.05) is 0 Å². The quantitative estimate of drug-likeness (QED) is 0.849. The van der Waals surface area contributed by atoms with E-state index in [0.29, 0.717) is 29.8 Å². The molecule has 6 nitrogen and oxygen atoms in total. The minimum atomic E-state index is -0.148. The molecule has 0 saturated heterocycles. The average Bonchev–Trinajstić information content (AvgIpc) is 2.37. The predicted molar refractivity (Wildman–Crippen MR) is 75.5 cm³/mol. The summed E-state index contributed by atoms with van der Waals surface area (Å²) < 4.78 is 12.1. The van der Waals surface area contributed by atoms with E-state index < -0.39 is 0 Å². The van der Waals surface area contributed by atoms with Crippen molar-refractivity contribution in [1.29, 1.82) is 0 Å². The van der Waals surface area contributed by atoms with Crippen LogP contribution in [-0.4, -0.2) is 42.8 Å². The largest absolute Gasteiger partial charge is 0.383 e. The molecule has 0 amide bonds. The molecule has 0 unspecified atom stereocenters. The summed E-state index contributed by atoms with van der Waals surface area (Å²) in [6, 6.07) is 0.345. The maximum atomic E-state index is 12.0. The van der Waals surface area contributed by atoms with Crippen LogP contribution < -0.4 is 10.9 Å². The second kappa shape index (κ2) is 6.49. The smallest absolute Gasteiger partial charge is 0.283 e. The van der Waals surface area contributed by atoms with E-state index in [9.17, 15) is 4.79 Å². The molecule has 1 aliphatic rings. The van der Waals surface area contributed by atoms with Crippen molar-refractivity contribution in [2.45, 2.75) is 31.5 Å². The number of nitrogens with zero attached hydrogens (tertiary/aromatic N) is 2. The predicted octanol–water partition coefficient (Wildman–Crippen LogP) is 1.24. The Morgan fingerprint density at radius 1 is 1.53 bits per heavy atom. The molecule has 0 aromatic carbocycles. The summed E-state index contributed by atoms with van der Waals surface area (Å²) in [4.78, 5) is 12.0. The van der Waals surface area contributed by atoms with Crippen LogP contribution in [0.15, 0.2) is 15.5 Å². The number of methoxy groups -OCH3 is 2. The molecular formula is C12H18BrN3O3. The number of nitrogens with one attached hydrogen (secondary N) is 1. The van der Waals surface area contributed by atoms with Gasteiger partial charge in [0.15, 0.2) is 0 Å². The lowest BCUT2D eigenvalue weighted by Crippen LogP contribution is -2.40. The minimum absolute atomic E-state index is 0.148. The van der Waals surface area contributed by atoms with E-state index in [4.69, 9.17) is 9.47 Å². The first kappa shape index (κ1) is 14.5. The molecular weight excluding hydrogens is 314 g/mol. The number of anilines is 1. The Kier molecular flexibility index (Phi) is 4.95. The fourth-order valence-electron chi connectivity index (χ4n) is 2.00. The fraction of sp³-hybridized carbons (Fsp3) is 0.667. The number of hydrogen-bond acceptors (Lipinski definition) is 5. The lowest BCUT2D eigenvalue weighted by atomic mass is 9.89. The molecule has 0 spiro atoms. The van der Waals surface area contributed by atoms with Crippen molar-refractivity contribution in [3.8, 4) is 0 Å². The first-order valence-corrected chi connectivity index (χ1v) is 6.99.